The van der Waals surface area contributed by atoms with Gasteiger partial charge in [0.05, 0.1) is 4.91 Å². The standard InChI is InChI=1S/C17H14ClNO2S2/c1-10(2)19-16(20)15(23-17(19)22)9-13-6-7-14(21-13)11-4-3-5-12(18)8-11/h3-10H,1-2H3. The Bertz CT molecular complexity index is 810. The first-order valence-electron chi connectivity index (χ1n) is 7.08. The number of hydrogen-bond donors (Lipinski definition) is 0. The predicted molar refractivity (Wildman–Crippen MR) is 99.3 cm³/mol. The third-order valence-corrected chi connectivity index (χ3v) is 4.91. The summed E-state index contributed by atoms with van der Waals surface area (Å²) in [6.45, 7) is 3.88. The molecule has 0 atom stereocenters. The van der Waals surface area contributed by atoms with E-state index < -0.39 is 0 Å². The third-order valence-electron chi connectivity index (χ3n) is 3.35. The van der Waals surface area contributed by atoms with Crippen LogP contribution in [0.1, 0.15) is 19.6 Å². The topological polar surface area (TPSA) is 33.5 Å². The molecule has 3 rings (SSSR count). The molecule has 2 aromatic rings. The summed E-state index contributed by atoms with van der Waals surface area (Å²) in [4.78, 5) is 14.6. The van der Waals surface area contributed by atoms with Gasteiger partial charge in [0.1, 0.15) is 15.8 Å². The van der Waals surface area contributed by atoms with E-state index in [9.17, 15) is 4.79 Å². The van der Waals surface area contributed by atoms with Crippen LogP contribution < -0.4 is 0 Å². The zero-order chi connectivity index (χ0) is 16.6. The lowest BCUT2D eigenvalue weighted by atomic mass is 10.2. The van der Waals surface area contributed by atoms with Crippen molar-refractivity contribution in [2.45, 2.75) is 19.9 Å². The fourth-order valence-corrected chi connectivity index (χ4v) is 3.98. The Hall–Kier alpha value is -1.56. The van der Waals surface area contributed by atoms with Crippen molar-refractivity contribution in [2.75, 3.05) is 0 Å². The molecule has 0 saturated carbocycles. The second kappa shape index (κ2) is 6.51. The highest BCUT2D eigenvalue weighted by atomic mass is 35.5. The summed E-state index contributed by atoms with van der Waals surface area (Å²) in [7, 11) is 0. The number of amides is 1. The number of thiocarbonyl (C=S) groups is 1. The Kier molecular flexibility index (Phi) is 4.62. The molecule has 1 fully saturated rings. The van der Waals surface area contributed by atoms with Crippen LogP contribution in [0.2, 0.25) is 5.02 Å². The number of thioether (sulfide) groups is 1. The van der Waals surface area contributed by atoms with Gasteiger partial charge in [-0.2, -0.15) is 0 Å². The first kappa shape index (κ1) is 16.3. The second-order valence-corrected chi connectivity index (χ2v) is 7.47. The van der Waals surface area contributed by atoms with Crippen LogP contribution in [0.25, 0.3) is 17.4 Å². The third kappa shape index (κ3) is 3.37. The highest BCUT2D eigenvalue weighted by Gasteiger charge is 2.33. The number of halogens is 1. The first-order chi connectivity index (χ1) is 11.0. The van der Waals surface area contributed by atoms with E-state index in [1.165, 1.54) is 11.8 Å². The van der Waals surface area contributed by atoms with Gasteiger partial charge in [0.25, 0.3) is 5.91 Å². The van der Waals surface area contributed by atoms with Crippen LogP contribution >= 0.6 is 35.6 Å². The Labute approximate surface area is 149 Å². The largest absolute Gasteiger partial charge is 0.457 e. The summed E-state index contributed by atoms with van der Waals surface area (Å²) in [5.41, 5.74) is 0.895. The van der Waals surface area contributed by atoms with Crippen LogP contribution in [-0.2, 0) is 4.79 Å². The van der Waals surface area contributed by atoms with Gasteiger partial charge in [-0.3, -0.25) is 9.69 Å². The van der Waals surface area contributed by atoms with E-state index in [0.29, 0.717) is 25.8 Å². The van der Waals surface area contributed by atoms with Crippen LogP contribution in [0, 0.1) is 0 Å². The fourth-order valence-electron chi connectivity index (χ4n) is 2.28. The van der Waals surface area contributed by atoms with E-state index in [1.54, 1.807) is 11.0 Å². The zero-order valence-corrected chi connectivity index (χ0v) is 15.0. The molecule has 0 N–H and O–H groups in total. The Morgan fingerprint density at radius 1 is 1.30 bits per heavy atom. The van der Waals surface area contributed by atoms with Gasteiger partial charge >= 0.3 is 0 Å². The smallest absolute Gasteiger partial charge is 0.266 e. The van der Waals surface area contributed by atoms with E-state index in [2.05, 4.69) is 0 Å². The van der Waals surface area contributed by atoms with Gasteiger partial charge < -0.3 is 4.42 Å². The summed E-state index contributed by atoms with van der Waals surface area (Å²) in [5, 5.41) is 0.651. The van der Waals surface area contributed by atoms with E-state index in [0.717, 1.165) is 5.56 Å². The summed E-state index contributed by atoms with van der Waals surface area (Å²) in [6, 6.07) is 11.2. The van der Waals surface area contributed by atoms with Crippen molar-refractivity contribution in [3.63, 3.8) is 0 Å². The molecule has 6 heteroatoms. The first-order valence-corrected chi connectivity index (χ1v) is 8.69. The fraction of sp³-hybridized carbons (Fsp3) is 0.176. The maximum atomic E-state index is 12.4. The molecule has 3 nitrogen and oxygen atoms in total. The highest BCUT2D eigenvalue weighted by molar-refractivity contribution is 8.26. The summed E-state index contributed by atoms with van der Waals surface area (Å²) >= 11 is 12.6. The van der Waals surface area contributed by atoms with Crippen molar-refractivity contribution in [3.05, 3.63) is 52.1 Å². The van der Waals surface area contributed by atoms with Crippen LogP contribution in [0.15, 0.2) is 45.7 Å². The van der Waals surface area contributed by atoms with Gasteiger partial charge in [0, 0.05) is 22.7 Å². The van der Waals surface area contributed by atoms with Gasteiger partial charge in [-0.05, 0) is 38.1 Å². The molecule has 0 spiro atoms. The lowest BCUT2D eigenvalue weighted by Gasteiger charge is -2.18. The van der Waals surface area contributed by atoms with Gasteiger partial charge in [0.15, 0.2) is 0 Å². The Morgan fingerprint density at radius 3 is 2.74 bits per heavy atom. The number of hydrogen-bond acceptors (Lipinski definition) is 4. The predicted octanol–water partition coefficient (Wildman–Crippen LogP) is 5.21. The van der Waals surface area contributed by atoms with Crippen LogP contribution in [-0.4, -0.2) is 21.2 Å². The summed E-state index contributed by atoms with van der Waals surface area (Å²) in [6.07, 6.45) is 1.73. The minimum absolute atomic E-state index is 0.0482. The molecule has 0 radical (unpaired) electrons. The van der Waals surface area contributed by atoms with E-state index >= 15 is 0 Å². The molecule has 118 valence electrons. The highest BCUT2D eigenvalue weighted by Crippen LogP contribution is 2.34. The van der Waals surface area contributed by atoms with Crippen molar-refractivity contribution in [2.24, 2.45) is 0 Å². The van der Waals surface area contributed by atoms with Crippen LogP contribution in [0.4, 0.5) is 0 Å². The lowest BCUT2D eigenvalue weighted by Crippen LogP contribution is -2.34. The molecular formula is C17H14ClNO2S2. The van der Waals surface area contributed by atoms with E-state index in [4.69, 9.17) is 28.2 Å². The molecule has 23 heavy (non-hydrogen) atoms. The average molecular weight is 364 g/mol. The number of nitrogens with zero attached hydrogens (tertiary/aromatic N) is 1. The van der Waals surface area contributed by atoms with E-state index in [1.807, 2.05) is 50.2 Å². The van der Waals surface area contributed by atoms with Crippen molar-refractivity contribution >= 4 is 51.9 Å². The number of benzene rings is 1. The number of carbonyl (C=O) groups is 1. The van der Waals surface area contributed by atoms with Gasteiger partial charge in [-0.25, -0.2) is 0 Å². The van der Waals surface area contributed by atoms with Gasteiger partial charge in [0.2, 0.25) is 0 Å². The lowest BCUT2D eigenvalue weighted by molar-refractivity contribution is -0.123. The Balaban J connectivity index is 1.87. The molecule has 0 bridgehead atoms. The SMILES string of the molecule is CC(C)N1C(=O)C(=Cc2ccc(-c3cccc(Cl)c3)o2)SC1=S. The van der Waals surface area contributed by atoms with Crippen molar-refractivity contribution in [1.82, 2.24) is 4.90 Å². The van der Waals surface area contributed by atoms with Crippen LogP contribution in [0.3, 0.4) is 0 Å². The number of furan rings is 1. The molecule has 1 saturated heterocycles. The number of rotatable bonds is 3. The summed E-state index contributed by atoms with van der Waals surface area (Å²) < 4.78 is 6.38. The van der Waals surface area contributed by atoms with Gasteiger partial charge in [-0.15, -0.1) is 0 Å². The quantitative estimate of drug-likeness (QED) is 0.553. The van der Waals surface area contributed by atoms with Crippen molar-refractivity contribution in [3.8, 4) is 11.3 Å². The Morgan fingerprint density at radius 2 is 2.09 bits per heavy atom. The monoisotopic (exact) mass is 363 g/mol. The zero-order valence-electron chi connectivity index (χ0n) is 12.6. The average Bonchev–Trinajstić information content (AvgIpc) is 3.05. The minimum Gasteiger partial charge on any atom is -0.457 e. The van der Waals surface area contributed by atoms with Crippen LogP contribution in [0.5, 0.6) is 0 Å². The maximum absolute atomic E-state index is 12.4. The second-order valence-electron chi connectivity index (χ2n) is 5.36. The molecule has 1 aromatic carbocycles. The maximum Gasteiger partial charge on any atom is 0.266 e. The number of carbonyl (C=O) groups excluding carboxylic acids is 1. The molecule has 0 unspecified atom stereocenters. The van der Waals surface area contributed by atoms with Crippen molar-refractivity contribution in [1.29, 1.82) is 0 Å². The molecule has 1 aliphatic heterocycles. The van der Waals surface area contributed by atoms with Gasteiger partial charge in [-0.1, -0.05) is 47.7 Å². The normalized spacial score (nSPS) is 16.9. The molecule has 0 aliphatic carbocycles. The minimum atomic E-state index is -0.0734. The summed E-state index contributed by atoms with van der Waals surface area (Å²) in [5.74, 6) is 1.25. The molecule has 1 aliphatic rings. The van der Waals surface area contributed by atoms with E-state index in [-0.39, 0.29) is 11.9 Å². The molecule has 1 amide bonds. The molecule has 2 heterocycles. The van der Waals surface area contributed by atoms with Crippen molar-refractivity contribution < 1.29 is 9.21 Å². The molecular weight excluding hydrogens is 350 g/mol. The molecule has 1 aromatic heterocycles.